The van der Waals surface area contributed by atoms with Gasteiger partial charge in [0.2, 0.25) is 14.0 Å². The number of aryl methyl sites for hydroxylation is 1. The molecule has 2 aromatic carbocycles. The van der Waals surface area contributed by atoms with Crippen LogP contribution >= 0.6 is 10.8 Å². The van der Waals surface area contributed by atoms with Gasteiger partial charge in [-0.25, -0.2) is 19.0 Å². The summed E-state index contributed by atoms with van der Waals surface area (Å²) in [5, 5.41) is 5.88. The lowest BCUT2D eigenvalue weighted by Crippen LogP contribution is -2.40. The largest absolute Gasteiger partial charge is 0.237 e. The van der Waals surface area contributed by atoms with Crippen molar-refractivity contribution in [3.63, 3.8) is 0 Å². The first-order valence-corrected chi connectivity index (χ1v) is 9.32. The van der Waals surface area contributed by atoms with E-state index < -0.39 is 8.87 Å². The summed E-state index contributed by atoms with van der Waals surface area (Å²) in [6.07, 6.45) is 0. The molecule has 0 bridgehead atoms. The van der Waals surface area contributed by atoms with Gasteiger partial charge < -0.3 is 0 Å². The summed E-state index contributed by atoms with van der Waals surface area (Å²) in [6, 6.07) is 16.1. The van der Waals surface area contributed by atoms with Gasteiger partial charge in [0.05, 0.1) is 21.4 Å². The third kappa shape index (κ3) is 3.08. The minimum atomic E-state index is -3.54. The summed E-state index contributed by atoms with van der Waals surface area (Å²) in [5.74, 6) is 0. The molecule has 0 radical (unpaired) electrons. The van der Waals surface area contributed by atoms with Crippen LogP contribution in [0.25, 0.3) is 0 Å². The fraction of sp³-hybridized carbons (Fsp3) is 0.0714. The van der Waals surface area contributed by atoms with Crippen molar-refractivity contribution in [2.75, 3.05) is 5.01 Å². The zero-order valence-corrected chi connectivity index (χ0v) is 13.4. The van der Waals surface area contributed by atoms with Crippen LogP contribution in [0.2, 0.25) is 0 Å². The molecule has 8 heteroatoms. The first-order chi connectivity index (χ1) is 10.6. The number of para-hydroxylation sites is 1. The average Bonchev–Trinajstić information content (AvgIpc) is 2.96. The van der Waals surface area contributed by atoms with Crippen LogP contribution < -0.4 is 16.1 Å². The van der Waals surface area contributed by atoms with Gasteiger partial charge in [0.1, 0.15) is 0 Å². The number of anilines is 1. The maximum absolute atomic E-state index is 12.5. The Morgan fingerprint density at radius 3 is 2.41 bits per heavy atom. The number of hydrazine groups is 2. The average molecular weight is 334 g/mol. The summed E-state index contributed by atoms with van der Waals surface area (Å²) in [5.41, 5.74) is 7.18. The van der Waals surface area contributed by atoms with Crippen LogP contribution in [0.3, 0.4) is 0 Å². The van der Waals surface area contributed by atoms with Crippen molar-refractivity contribution in [2.45, 2.75) is 11.8 Å². The Kier molecular flexibility index (Phi) is 4.06. The van der Waals surface area contributed by atoms with Crippen molar-refractivity contribution < 1.29 is 8.42 Å². The van der Waals surface area contributed by atoms with E-state index in [2.05, 4.69) is 16.2 Å². The molecule has 0 aromatic heterocycles. The Balaban J connectivity index is 1.84. The van der Waals surface area contributed by atoms with Crippen LogP contribution in [0.5, 0.6) is 0 Å². The Hall–Kier alpha value is -2.03. The molecule has 2 aromatic rings. The van der Waals surface area contributed by atoms with Crippen LogP contribution in [-0.4, -0.2) is 13.6 Å². The molecule has 2 N–H and O–H groups in total. The third-order valence-electron chi connectivity index (χ3n) is 3.01. The minimum absolute atomic E-state index is 0.255. The molecule has 0 saturated heterocycles. The van der Waals surface area contributed by atoms with Crippen LogP contribution in [-0.2, 0) is 8.87 Å². The van der Waals surface area contributed by atoms with Gasteiger partial charge in [0, 0.05) is 0 Å². The van der Waals surface area contributed by atoms with Crippen molar-refractivity contribution in [3.05, 3.63) is 60.2 Å². The zero-order chi connectivity index (χ0) is 15.6. The van der Waals surface area contributed by atoms with E-state index in [-0.39, 0.29) is 4.90 Å². The van der Waals surface area contributed by atoms with Gasteiger partial charge in [-0.1, -0.05) is 35.9 Å². The lowest BCUT2D eigenvalue weighted by atomic mass is 10.2. The molecule has 6 nitrogen and oxygen atoms in total. The molecule has 0 atom stereocenters. The van der Waals surface area contributed by atoms with Gasteiger partial charge in [0.25, 0.3) is 0 Å². The second kappa shape index (κ2) is 5.99. The maximum atomic E-state index is 12.5. The highest BCUT2D eigenvalue weighted by Gasteiger charge is 2.27. The Morgan fingerprint density at radius 1 is 1.05 bits per heavy atom. The van der Waals surface area contributed by atoms with E-state index in [1.54, 1.807) is 29.3 Å². The molecule has 0 unspecified atom stereocenters. The summed E-state index contributed by atoms with van der Waals surface area (Å²) in [4.78, 5) is 0.255. The number of hydrogen-bond acceptors (Lipinski definition) is 7. The van der Waals surface area contributed by atoms with Crippen LogP contribution in [0.1, 0.15) is 5.56 Å². The summed E-state index contributed by atoms with van der Waals surface area (Å²) < 4.78 is 25.0. The van der Waals surface area contributed by atoms with Crippen molar-refractivity contribution in [2.24, 2.45) is 5.10 Å². The topological polar surface area (TPSA) is 73.8 Å². The molecule has 0 amide bonds. The van der Waals surface area contributed by atoms with Gasteiger partial charge in [0.15, 0.2) is 0 Å². The normalized spacial score (nSPS) is 14.6. The molecule has 0 fully saturated rings. The quantitative estimate of drug-likeness (QED) is 0.839. The van der Waals surface area contributed by atoms with E-state index >= 15 is 0 Å². The highest BCUT2D eigenvalue weighted by atomic mass is 33.1. The molecule has 114 valence electrons. The highest BCUT2D eigenvalue weighted by Crippen LogP contribution is 2.28. The number of nitrogens with zero attached hydrogens (tertiary/aromatic N) is 2. The predicted molar refractivity (Wildman–Crippen MR) is 88.6 cm³/mol. The molecule has 0 spiro atoms. The smallest absolute Gasteiger partial charge is 0.233 e. The molecular weight excluding hydrogens is 320 g/mol. The number of nitrogens with one attached hydrogen (secondary N) is 2. The van der Waals surface area contributed by atoms with Gasteiger partial charge in [-0.05, 0) is 31.2 Å². The molecule has 22 heavy (non-hydrogen) atoms. The fourth-order valence-corrected chi connectivity index (χ4v) is 4.50. The number of benzene rings is 2. The molecular formula is C14H14N4O2S2. The first kappa shape index (κ1) is 14.9. The second-order valence-electron chi connectivity index (χ2n) is 4.64. The first-order valence-electron chi connectivity index (χ1n) is 6.51. The van der Waals surface area contributed by atoms with E-state index in [9.17, 15) is 8.42 Å². The standard InChI is InChI=1S/C14H14N4O2S2/c1-11-7-9-13(10-8-11)22(19,20)21-14-15-16-17-18(14)12-5-3-2-4-6-12/h2-10,16-17H,1H3. The fourth-order valence-electron chi connectivity index (χ4n) is 1.88. The van der Waals surface area contributed by atoms with E-state index in [1.165, 1.54) is 0 Å². The van der Waals surface area contributed by atoms with Gasteiger partial charge in [-0.3, -0.25) is 0 Å². The number of hydrogen-bond donors (Lipinski definition) is 2. The number of amidine groups is 1. The van der Waals surface area contributed by atoms with Gasteiger partial charge >= 0.3 is 0 Å². The van der Waals surface area contributed by atoms with Crippen molar-refractivity contribution >= 4 is 30.5 Å². The third-order valence-corrected chi connectivity index (χ3v) is 6.19. The molecule has 0 saturated carbocycles. The van der Waals surface area contributed by atoms with Crippen LogP contribution in [0, 0.1) is 6.92 Å². The Labute approximate surface area is 132 Å². The second-order valence-corrected chi connectivity index (χ2v) is 8.37. The van der Waals surface area contributed by atoms with Crippen molar-refractivity contribution in [1.29, 1.82) is 0 Å². The van der Waals surface area contributed by atoms with E-state index in [4.69, 9.17) is 0 Å². The maximum Gasteiger partial charge on any atom is 0.237 e. The number of rotatable bonds is 3. The monoisotopic (exact) mass is 334 g/mol. The Bertz CT molecular complexity index is 789. The lowest BCUT2D eigenvalue weighted by molar-refractivity contribution is 0.610. The molecule has 1 aliphatic heterocycles. The highest BCUT2D eigenvalue weighted by molar-refractivity contribution is 8.78. The zero-order valence-electron chi connectivity index (χ0n) is 11.7. The SMILES string of the molecule is Cc1ccc(S(=O)(=O)SC2=NNNN2c2ccccc2)cc1. The summed E-state index contributed by atoms with van der Waals surface area (Å²) in [6.45, 7) is 1.91. The van der Waals surface area contributed by atoms with Gasteiger partial charge in [-0.15, -0.1) is 10.6 Å². The molecule has 1 aliphatic rings. The molecule has 1 heterocycles. The summed E-state index contributed by atoms with van der Waals surface area (Å²) in [7, 11) is -2.84. The Morgan fingerprint density at radius 2 is 1.73 bits per heavy atom. The minimum Gasteiger partial charge on any atom is -0.233 e. The van der Waals surface area contributed by atoms with Crippen molar-refractivity contribution in [1.82, 2.24) is 11.1 Å². The van der Waals surface area contributed by atoms with E-state index in [0.717, 1.165) is 11.3 Å². The van der Waals surface area contributed by atoms with E-state index in [1.807, 2.05) is 37.3 Å². The van der Waals surface area contributed by atoms with Crippen LogP contribution in [0.4, 0.5) is 5.69 Å². The summed E-state index contributed by atoms with van der Waals surface area (Å²) >= 11 is 0. The predicted octanol–water partition coefficient (Wildman–Crippen LogP) is 2.22. The molecule has 3 rings (SSSR count). The van der Waals surface area contributed by atoms with E-state index in [0.29, 0.717) is 16.0 Å². The van der Waals surface area contributed by atoms with Crippen molar-refractivity contribution in [3.8, 4) is 0 Å². The van der Waals surface area contributed by atoms with Crippen LogP contribution in [0.15, 0.2) is 64.6 Å². The van der Waals surface area contributed by atoms with Gasteiger partial charge in [-0.2, -0.15) is 0 Å². The molecule has 0 aliphatic carbocycles. The lowest BCUT2D eigenvalue weighted by Gasteiger charge is -2.17. The number of hydrazone groups is 1.